The lowest BCUT2D eigenvalue weighted by Crippen LogP contribution is -2.08. The second-order valence-electron chi connectivity index (χ2n) is 4.29. The van der Waals surface area contributed by atoms with Crippen molar-refractivity contribution in [1.82, 2.24) is 0 Å². The largest absolute Gasteiger partial charge is 0.412 e. The number of hydrogen-bond donors (Lipinski definition) is 0. The molecule has 0 aromatic rings. The van der Waals surface area contributed by atoms with Crippen molar-refractivity contribution in [3.05, 3.63) is 46.6 Å². The zero-order chi connectivity index (χ0) is 17.6. The summed E-state index contributed by atoms with van der Waals surface area (Å²) in [6, 6.07) is 0. The molecule has 0 saturated heterocycles. The summed E-state index contributed by atoms with van der Waals surface area (Å²) in [6.45, 7) is 16.7. The van der Waals surface area contributed by atoms with Crippen LogP contribution in [-0.4, -0.2) is 6.18 Å². The number of rotatable bonds is 3. The summed E-state index contributed by atoms with van der Waals surface area (Å²) in [6.07, 6.45) is 2.20. The summed E-state index contributed by atoms with van der Waals surface area (Å²) in [5.74, 6) is 0. The lowest BCUT2D eigenvalue weighted by atomic mass is 10.1. The molecule has 0 unspecified atom stereocenters. The van der Waals surface area contributed by atoms with E-state index in [-0.39, 0.29) is 0 Å². The number of alkyl halides is 3. The van der Waals surface area contributed by atoms with Crippen molar-refractivity contribution in [3.8, 4) is 0 Å². The molecule has 0 rings (SSSR count). The van der Waals surface area contributed by atoms with Crippen molar-refractivity contribution in [1.29, 1.82) is 0 Å². The zero-order valence-electron chi connectivity index (χ0n) is 14.9. The van der Waals surface area contributed by atoms with Crippen LogP contribution in [0.25, 0.3) is 0 Å². The maximum absolute atomic E-state index is 12.2. The maximum atomic E-state index is 12.2. The van der Waals surface area contributed by atoms with Gasteiger partial charge in [-0.05, 0) is 45.8 Å². The van der Waals surface area contributed by atoms with Crippen molar-refractivity contribution in [2.45, 2.75) is 68.5 Å². The second-order valence-corrected chi connectivity index (χ2v) is 4.29. The van der Waals surface area contributed by atoms with Crippen LogP contribution in [0.4, 0.5) is 13.2 Å². The van der Waals surface area contributed by atoms with Gasteiger partial charge in [-0.2, -0.15) is 13.2 Å². The van der Waals surface area contributed by atoms with Crippen LogP contribution >= 0.6 is 0 Å². The Labute approximate surface area is 129 Å². The molecule has 21 heavy (non-hydrogen) atoms. The van der Waals surface area contributed by atoms with Crippen molar-refractivity contribution < 1.29 is 13.2 Å². The first-order valence-electron chi connectivity index (χ1n) is 7.39. The fourth-order valence-electron chi connectivity index (χ4n) is 0.899. The quantitative estimate of drug-likeness (QED) is 0.476. The Morgan fingerprint density at radius 3 is 1.24 bits per heavy atom. The van der Waals surface area contributed by atoms with Crippen LogP contribution in [0.15, 0.2) is 46.6 Å². The molecule has 0 nitrogen and oxygen atoms in total. The molecule has 0 aliphatic carbocycles. The minimum Gasteiger partial charge on any atom is -0.166 e. The average molecular weight is 304 g/mol. The second kappa shape index (κ2) is 13.7. The average Bonchev–Trinajstić information content (AvgIpc) is 2.44. The van der Waals surface area contributed by atoms with E-state index in [2.05, 4.69) is 0 Å². The van der Waals surface area contributed by atoms with Crippen LogP contribution in [0.2, 0.25) is 0 Å². The molecule has 0 amide bonds. The van der Waals surface area contributed by atoms with Crippen LogP contribution in [0.3, 0.4) is 0 Å². The first-order chi connectivity index (χ1) is 9.64. The number of halogens is 3. The summed E-state index contributed by atoms with van der Waals surface area (Å²) >= 11 is 0. The molecule has 0 atom stereocenters. The lowest BCUT2D eigenvalue weighted by Gasteiger charge is -2.05. The molecule has 0 aliphatic heterocycles. The molecule has 0 aromatic carbocycles. The van der Waals surface area contributed by atoms with Gasteiger partial charge in [0.25, 0.3) is 0 Å². The van der Waals surface area contributed by atoms with Crippen molar-refractivity contribution >= 4 is 0 Å². The summed E-state index contributed by atoms with van der Waals surface area (Å²) in [7, 11) is 0. The standard InChI is InChI=1S/C14H19F3.2C2H6/c1-10(2)6-7-11(3)12(4)8-9-13(5)14(15,16)17;2*1-2/h6-9H,1-5H3;2*1-2H3/b11-7+,12-8+,13-9+;;. The third-order valence-corrected chi connectivity index (χ3v) is 2.32. The molecule has 0 heterocycles. The summed E-state index contributed by atoms with van der Waals surface area (Å²) in [4.78, 5) is 0. The van der Waals surface area contributed by atoms with E-state index in [1.807, 2.05) is 60.6 Å². The van der Waals surface area contributed by atoms with E-state index in [1.165, 1.54) is 6.08 Å². The van der Waals surface area contributed by atoms with E-state index in [4.69, 9.17) is 0 Å². The molecule has 0 saturated carbocycles. The Balaban J connectivity index is -0.000000739. The minimum absolute atomic E-state index is 0.591. The Morgan fingerprint density at radius 2 is 0.952 bits per heavy atom. The number of hydrogen-bond acceptors (Lipinski definition) is 0. The predicted octanol–water partition coefficient (Wildman–Crippen LogP) is 7.41. The smallest absolute Gasteiger partial charge is 0.166 e. The zero-order valence-corrected chi connectivity index (χ0v) is 14.9. The van der Waals surface area contributed by atoms with Crippen molar-refractivity contribution in [2.24, 2.45) is 0 Å². The normalized spacial score (nSPS) is 12.7. The van der Waals surface area contributed by atoms with Gasteiger partial charge in [-0.3, -0.25) is 0 Å². The van der Waals surface area contributed by atoms with Crippen molar-refractivity contribution in [2.75, 3.05) is 0 Å². The highest BCUT2D eigenvalue weighted by molar-refractivity contribution is 5.34. The Bertz CT molecular complexity index is 374. The van der Waals surface area contributed by atoms with Crippen LogP contribution < -0.4 is 0 Å². The third kappa shape index (κ3) is 15.0. The van der Waals surface area contributed by atoms with Crippen LogP contribution in [0.5, 0.6) is 0 Å². The van der Waals surface area contributed by atoms with E-state index >= 15 is 0 Å². The van der Waals surface area contributed by atoms with Gasteiger partial charge >= 0.3 is 6.18 Å². The van der Waals surface area contributed by atoms with E-state index in [1.54, 1.807) is 6.92 Å². The van der Waals surface area contributed by atoms with Crippen LogP contribution in [0, 0.1) is 0 Å². The fraction of sp³-hybridized carbons (Fsp3) is 0.556. The monoisotopic (exact) mass is 304 g/mol. The van der Waals surface area contributed by atoms with Gasteiger partial charge in [0.15, 0.2) is 0 Å². The Hall–Kier alpha value is -1.25. The molecule has 0 spiro atoms. The maximum Gasteiger partial charge on any atom is 0.412 e. The van der Waals surface area contributed by atoms with Gasteiger partial charge < -0.3 is 0 Å². The molecule has 0 radical (unpaired) electrons. The topological polar surface area (TPSA) is 0 Å². The van der Waals surface area contributed by atoms with Crippen LogP contribution in [0.1, 0.15) is 62.3 Å². The Morgan fingerprint density at radius 1 is 0.619 bits per heavy atom. The van der Waals surface area contributed by atoms with Crippen LogP contribution in [-0.2, 0) is 0 Å². The SMILES string of the molecule is CC.CC.CC(C)=C/C=C(C)/C(C)=C/C=C(\C)C(F)(F)F. The minimum atomic E-state index is -4.24. The van der Waals surface area contributed by atoms with Gasteiger partial charge in [0.05, 0.1) is 0 Å². The molecule has 124 valence electrons. The van der Waals surface area contributed by atoms with Crippen molar-refractivity contribution in [3.63, 3.8) is 0 Å². The summed E-state index contributed by atoms with van der Waals surface area (Å²) in [5.41, 5.74) is 2.34. The highest BCUT2D eigenvalue weighted by Gasteiger charge is 2.29. The number of allylic oxidation sites excluding steroid dienone is 8. The first kappa shape index (κ1) is 24.7. The molecular weight excluding hydrogens is 273 g/mol. The van der Waals surface area contributed by atoms with Gasteiger partial charge in [0.1, 0.15) is 0 Å². The summed E-state index contributed by atoms with van der Waals surface area (Å²) < 4.78 is 36.7. The molecule has 0 N–H and O–H groups in total. The highest BCUT2D eigenvalue weighted by Crippen LogP contribution is 2.25. The van der Waals surface area contributed by atoms with E-state index in [0.717, 1.165) is 29.7 Å². The van der Waals surface area contributed by atoms with Gasteiger partial charge in [0.2, 0.25) is 0 Å². The molecular formula is C18H31F3. The van der Waals surface area contributed by atoms with Gasteiger partial charge in [-0.1, -0.05) is 57.6 Å². The van der Waals surface area contributed by atoms with Gasteiger partial charge in [-0.25, -0.2) is 0 Å². The van der Waals surface area contributed by atoms with E-state index in [9.17, 15) is 13.2 Å². The van der Waals surface area contributed by atoms with Gasteiger partial charge in [-0.15, -0.1) is 0 Å². The fourth-order valence-corrected chi connectivity index (χ4v) is 0.899. The Kier molecular flexibility index (Phi) is 16.2. The highest BCUT2D eigenvalue weighted by atomic mass is 19.4. The molecule has 0 aromatic heterocycles. The van der Waals surface area contributed by atoms with Gasteiger partial charge in [0, 0.05) is 5.57 Å². The van der Waals surface area contributed by atoms with E-state index < -0.39 is 11.7 Å². The molecule has 3 heteroatoms. The first-order valence-corrected chi connectivity index (χ1v) is 7.39. The third-order valence-electron chi connectivity index (χ3n) is 2.32. The molecule has 0 bridgehead atoms. The van der Waals surface area contributed by atoms with E-state index in [0.29, 0.717) is 0 Å². The molecule has 0 aliphatic rings. The predicted molar refractivity (Wildman–Crippen MR) is 89.5 cm³/mol. The lowest BCUT2D eigenvalue weighted by molar-refractivity contribution is -0.0912. The summed E-state index contributed by atoms with van der Waals surface area (Å²) in [5, 5.41) is 0. The molecule has 0 fully saturated rings.